The van der Waals surface area contributed by atoms with Gasteiger partial charge < -0.3 is 20.1 Å². The molecule has 0 saturated carbocycles. The van der Waals surface area contributed by atoms with Crippen molar-refractivity contribution in [3.8, 4) is 5.75 Å². The summed E-state index contributed by atoms with van der Waals surface area (Å²) >= 11 is 0. The van der Waals surface area contributed by atoms with Crippen molar-refractivity contribution in [3.05, 3.63) is 64.7 Å². The molecule has 2 aromatic carbocycles. The fraction of sp³-hybridized carbons (Fsp3) is 0.381. The average Bonchev–Trinajstić information content (AvgIpc) is 2.64. The van der Waals surface area contributed by atoms with E-state index in [1.54, 1.807) is 14.2 Å². The zero-order valence-electron chi connectivity index (χ0n) is 16.5. The topological polar surface area (TPSA) is 54.9 Å². The van der Waals surface area contributed by atoms with Gasteiger partial charge in [0.25, 0.3) is 0 Å². The third-order valence-corrected chi connectivity index (χ3v) is 4.15. The van der Waals surface area contributed by atoms with E-state index in [0.717, 1.165) is 23.8 Å². The molecule has 0 amide bonds. The number of ether oxygens (including phenoxy) is 2. The molecule has 0 aliphatic carbocycles. The molecule has 0 unspecified atom stereocenters. The van der Waals surface area contributed by atoms with Crippen LogP contribution in [-0.4, -0.2) is 33.3 Å². The number of nitrogens with one attached hydrogen (secondary N) is 2. The van der Waals surface area contributed by atoms with E-state index >= 15 is 0 Å². The Morgan fingerprint density at radius 2 is 1.67 bits per heavy atom. The third-order valence-electron chi connectivity index (χ3n) is 4.15. The first-order valence-corrected chi connectivity index (χ1v) is 8.84. The summed E-state index contributed by atoms with van der Waals surface area (Å²) in [5.41, 5.74) is 4.78. The molecule has 0 fully saturated rings. The van der Waals surface area contributed by atoms with E-state index in [1.165, 1.54) is 16.7 Å². The minimum Gasteiger partial charge on any atom is -0.491 e. The molecule has 0 bridgehead atoms. The van der Waals surface area contributed by atoms with Gasteiger partial charge in [0.2, 0.25) is 0 Å². The lowest BCUT2D eigenvalue weighted by molar-refractivity contribution is 0.145. The first-order chi connectivity index (χ1) is 12.6. The lowest BCUT2D eigenvalue weighted by Gasteiger charge is -2.16. The van der Waals surface area contributed by atoms with Gasteiger partial charge in [0.15, 0.2) is 5.96 Å². The summed E-state index contributed by atoms with van der Waals surface area (Å²) in [6.07, 6.45) is 0. The van der Waals surface area contributed by atoms with Gasteiger partial charge in [-0.2, -0.15) is 0 Å². The summed E-state index contributed by atoms with van der Waals surface area (Å²) in [4.78, 5) is 4.30. The van der Waals surface area contributed by atoms with E-state index in [4.69, 9.17) is 9.47 Å². The van der Waals surface area contributed by atoms with Crippen molar-refractivity contribution in [2.75, 3.05) is 27.4 Å². The van der Waals surface area contributed by atoms with Gasteiger partial charge in [0.1, 0.15) is 12.4 Å². The molecule has 0 spiro atoms. The number of nitrogens with zero attached hydrogens (tertiary/aromatic N) is 1. The van der Waals surface area contributed by atoms with Crippen molar-refractivity contribution in [1.82, 2.24) is 10.6 Å². The van der Waals surface area contributed by atoms with Crippen molar-refractivity contribution in [1.29, 1.82) is 0 Å². The van der Waals surface area contributed by atoms with Gasteiger partial charge >= 0.3 is 0 Å². The van der Waals surface area contributed by atoms with Crippen molar-refractivity contribution < 1.29 is 9.47 Å². The number of aryl methyl sites for hydroxylation is 2. The second-order valence-corrected chi connectivity index (χ2v) is 6.16. The van der Waals surface area contributed by atoms with Crippen molar-refractivity contribution in [2.45, 2.75) is 26.9 Å². The van der Waals surface area contributed by atoms with Crippen LogP contribution in [0.25, 0.3) is 0 Å². The van der Waals surface area contributed by atoms with E-state index in [2.05, 4.69) is 71.9 Å². The molecule has 0 radical (unpaired) electrons. The second-order valence-electron chi connectivity index (χ2n) is 6.16. The first-order valence-electron chi connectivity index (χ1n) is 8.84. The number of benzene rings is 2. The molecule has 0 aliphatic rings. The lowest BCUT2D eigenvalue weighted by Crippen LogP contribution is -2.36. The standard InChI is InChI=1S/C21H29N3O2.HI/c1-16-9-10-19(20(13-16)26-12-11-25-4)15-24-21(22-3)23-14-18-8-6-5-7-17(18)2;/h5-10,13H,11-12,14-15H2,1-4H3,(H2,22,23,24);1H. The largest absolute Gasteiger partial charge is 0.491 e. The molecule has 2 rings (SSSR count). The van der Waals surface area contributed by atoms with E-state index in [9.17, 15) is 0 Å². The molecule has 27 heavy (non-hydrogen) atoms. The fourth-order valence-electron chi connectivity index (χ4n) is 2.56. The summed E-state index contributed by atoms with van der Waals surface area (Å²) in [6.45, 7) is 6.65. The Kier molecular flexibility index (Phi) is 10.8. The Labute approximate surface area is 179 Å². The van der Waals surface area contributed by atoms with Crippen LogP contribution in [0.4, 0.5) is 0 Å². The number of rotatable bonds is 8. The average molecular weight is 483 g/mol. The Morgan fingerprint density at radius 1 is 0.963 bits per heavy atom. The monoisotopic (exact) mass is 483 g/mol. The van der Waals surface area contributed by atoms with E-state index in [1.807, 2.05) is 0 Å². The van der Waals surface area contributed by atoms with Crippen LogP contribution in [0.1, 0.15) is 22.3 Å². The van der Waals surface area contributed by atoms with Gasteiger partial charge in [-0.25, -0.2) is 0 Å². The molecular formula is C21H30IN3O2. The van der Waals surface area contributed by atoms with Crippen LogP contribution in [0, 0.1) is 13.8 Å². The van der Waals surface area contributed by atoms with Crippen molar-refractivity contribution in [2.24, 2.45) is 4.99 Å². The highest BCUT2D eigenvalue weighted by atomic mass is 127. The van der Waals surface area contributed by atoms with E-state index in [-0.39, 0.29) is 24.0 Å². The van der Waals surface area contributed by atoms with Crippen LogP contribution in [0.5, 0.6) is 5.75 Å². The smallest absolute Gasteiger partial charge is 0.191 e. The van der Waals surface area contributed by atoms with Gasteiger partial charge in [-0.15, -0.1) is 24.0 Å². The van der Waals surface area contributed by atoms with Crippen LogP contribution in [0.2, 0.25) is 0 Å². The van der Waals surface area contributed by atoms with Crippen LogP contribution < -0.4 is 15.4 Å². The molecule has 0 saturated heterocycles. The molecule has 2 aromatic rings. The number of hydrogen-bond acceptors (Lipinski definition) is 3. The van der Waals surface area contributed by atoms with Crippen molar-refractivity contribution >= 4 is 29.9 Å². The number of guanidine groups is 1. The summed E-state index contributed by atoms with van der Waals surface area (Å²) < 4.78 is 10.9. The Bertz CT molecular complexity index is 735. The highest BCUT2D eigenvalue weighted by molar-refractivity contribution is 14.0. The minimum absolute atomic E-state index is 0. The number of hydrogen-bond donors (Lipinski definition) is 2. The first kappa shape index (κ1) is 23.2. The predicted octanol–water partition coefficient (Wildman–Crippen LogP) is 3.81. The van der Waals surface area contributed by atoms with Gasteiger partial charge in [-0.3, -0.25) is 4.99 Å². The molecule has 0 aliphatic heterocycles. The van der Waals surface area contributed by atoms with Crippen molar-refractivity contribution in [3.63, 3.8) is 0 Å². The molecule has 0 atom stereocenters. The van der Waals surface area contributed by atoms with Gasteiger partial charge in [-0.1, -0.05) is 36.4 Å². The summed E-state index contributed by atoms with van der Waals surface area (Å²) in [7, 11) is 3.45. The normalized spacial score (nSPS) is 10.9. The number of aliphatic imine (C=N–C) groups is 1. The second kappa shape index (κ2) is 12.6. The zero-order valence-corrected chi connectivity index (χ0v) is 18.9. The molecule has 0 heterocycles. The van der Waals surface area contributed by atoms with Crippen LogP contribution >= 0.6 is 24.0 Å². The summed E-state index contributed by atoms with van der Waals surface area (Å²) in [6, 6.07) is 14.6. The highest BCUT2D eigenvalue weighted by Crippen LogP contribution is 2.20. The molecule has 0 aromatic heterocycles. The molecule has 2 N–H and O–H groups in total. The molecule has 148 valence electrons. The van der Waals surface area contributed by atoms with Gasteiger partial charge in [-0.05, 0) is 36.6 Å². The maximum Gasteiger partial charge on any atom is 0.191 e. The minimum atomic E-state index is 0. The van der Waals surface area contributed by atoms with E-state index in [0.29, 0.717) is 19.8 Å². The SMILES string of the molecule is CN=C(NCc1ccccc1C)NCc1ccc(C)cc1OCCOC.I. The fourth-order valence-corrected chi connectivity index (χ4v) is 2.56. The molecule has 5 nitrogen and oxygen atoms in total. The Morgan fingerprint density at radius 3 is 2.33 bits per heavy atom. The molecule has 6 heteroatoms. The summed E-state index contributed by atoms with van der Waals surface area (Å²) in [5, 5.41) is 6.71. The highest BCUT2D eigenvalue weighted by Gasteiger charge is 2.06. The van der Waals surface area contributed by atoms with Crippen LogP contribution in [-0.2, 0) is 17.8 Å². The van der Waals surface area contributed by atoms with E-state index < -0.39 is 0 Å². The Hall–Kier alpha value is -1.80. The maximum atomic E-state index is 5.84. The van der Waals surface area contributed by atoms with Crippen LogP contribution in [0.15, 0.2) is 47.5 Å². The Balaban J connectivity index is 0.00000364. The van der Waals surface area contributed by atoms with Gasteiger partial charge in [0.05, 0.1) is 6.61 Å². The predicted molar refractivity (Wildman–Crippen MR) is 122 cm³/mol. The number of methoxy groups -OCH3 is 1. The molecular weight excluding hydrogens is 453 g/mol. The zero-order chi connectivity index (χ0) is 18.8. The van der Waals surface area contributed by atoms with Gasteiger partial charge in [0, 0.05) is 32.8 Å². The maximum absolute atomic E-state index is 5.84. The third kappa shape index (κ3) is 7.76. The van der Waals surface area contributed by atoms with Crippen LogP contribution in [0.3, 0.4) is 0 Å². The summed E-state index contributed by atoms with van der Waals surface area (Å²) in [5.74, 6) is 1.64. The quantitative estimate of drug-likeness (QED) is 0.260. The lowest BCUT2D eigenvalue weighted by atomic mass is 10.1. The number of halogens is 1.